The second-order valence-corrected chi connectivity index (χ2v) is 14.9. The Balaban J connectivity index is 0.000000190. The molecule has 6 aromatic rings. The van der Waals surface area contributed by atoms with Gasteiger partial charge in [-0.05, 0) is 155 Å². The van der Waals surface area contributed by atoms with E-state index < -0.39 is 11.9 Å². The van der Waals surface area contributed by atoms with Crippen LogP contribution in [0.4, 0.5) is 8.78 Å². The molecular formula is C48H44BClF2N2O8. The van der Waals surface area contributed by atoms with Crippen LogP contribution >= 0.6 is 11.6 Å². The van der Waals surface area contributed by atoms with Crippen LogP contribution in [-0.4, -0.2) is 54.4 Å². The first-order chi connectivity index (χ1) is 29.5. The lowest BCUT2D eigenvalue weighted by molar-refractivity contribution is 0.00578. The summed E-state index contributed by atoms with van der Waals surface area (Å²) < 4.78 is 57.7. The summed E-state index contributed by atoms with van der Waals surface area (Å²) in [6.07, 6.45) is 1.64. The first-order valence-corrected chi connectivity index (χ1v) is 19.5. The van der Waals surface area contributed by atoms with Crippen LogP contribution in [0.5, 0.6) is 23.0 Å². The smallest absolute Gasteiger partial charge is 0.464 e. The van der Waals surface area contributed by atoms with E-state index in [0.717, 1.165) is 16.7 Å². The van der Waals surface area contributed by atoms with E-state index in [1.165, 1.54) is 44.6 Å². The number of aromatic nitrogens is 2. The topological polar surface area (TPSA) is 115 Å². The third-order valence-electron chi connectivity index (χ3n) is 9.53. The molecular weight excluding hydrogens is 817 g/mol. The lowest BCUT2D eigenvalue weighted by Crippen LogP contribution is -2.41. The second kappa shape index (κ2) is 20.7. The highest BCUT2D eigenvalue weighted by Gasteiger charge is 2.49. The van der Waals surface area contributed by atoms with Gasteiger partial charge in [-0.1, -0.05) is 30.2 Å². The van der Waals surface area contributed by atoms with E-state index in [0.29, 0.717) is 39.4 Å². The van der Waals surface area contributed by atoms with Gasteiger partial charge in [0.1, 0.15) is 40.3 Å². The molecule has 3 heterocycles. The number of ether oxygens (including phenoxy) is 4. The number of nitrogens with zero attached hydrogens (tertiary/aromatic N) is 2. The largest absolute Gasteiger partial charge is 0.486 e. The molecule has 1 aliphatic rings. The monoisotopic (exact) mass is 860 g/mol. The summed E-state index contributed by atoms with van der Waals surface area (Å²) >= 11 is 6.05. The molecule has 1 aliphatic heterocycles. The Morgan fingerprint density at radius 2 is 0.984 bits per heavy atom. The Morgan fingerprint density at radius 1 is 0.613 bits per heavy atom. The summed E-state index contributed by atoms with van der Waals surface area (Å²) in [6.45, 7) is 15.5. The van der Waals surface area contributed by atoms with Crippen molar-refractivity contribution in [3.63, 3.8) is 0 Å². The van der Waals surface area contributed by atoms with E-state index in [1.54, 1.807) is 84.8 Å². The standard InChI is InChI=1S/C21H16FNO3.C19H13ClFNO3.C8H15BO2/c1-3-14-12-19(23-20(13-14)21(24)25-2)15-4-8-17(9-5-15)26-18-10-6-16(22)7-11-18;1-24-19(23)18-11-13(20)10-17(22-18)12-2-6-15(7-3-12)25-16-8-4-14(21)5-9-16;1-6-9-10-7(2,3)8(4,5)11-9/h3-13H,1H2,2H3;2-11H,1H3;6H,1H2,2-5H3. The van der Waals surface area contributed by atoms with Crippen molar-refractivity contribution in [2.24, 2.45) is 0 Å². The fraction of sp³-hybridized carbons (Fsp3) is 0.167. The third kappa shape index (κ3) is 12.4. The summed E-state index contributed by atoms with van der Waals surface area (Å²) in [7, 11) is 2.35. The zero-order valence-corrected chi connectivity index (χ0v) is 35.7. The van der Waals surface area contributed by atoms with E-state index in [-0.39, 0.29) is 41.3 Å². The normalized spacial score (nSPS) is 13.3. The van der Waals surface area contributed by atoms with Crippen molar-refractivity contribution >= 4 is 36.7 Å². The summed E-state index contributed by atoms with van der Waals surface area (Å²) in [5, 5.41) is 0.386. The van der Waals surface area contributed by atoms with Crippen molar-refractivity contribution in [1.29, 1.82) is 0 Å². The molecule has 0 spiro atoms. The Hall–Kier alpha value is -6.67. The van der Waals surface area contributed by atoms with Gasteiger partial charge in [0, 0.05) is 16.1 Å². The van der Waals surface area contributed by atoms with E-state index in [2.05, 4.69) is 27.9 Å². The predicted molar refractivity (Wildman–Crippen MR) is 236 cm³/mol. The molecule has 0 radical (unpaired) electrons. The SMILES string of the molecule is C=CB1OC(C)(C)C(C)(C)O1.C=Cc1cc(C(=O)OC)nc(-c2ccc(Oc3ccc(F)cc3)cc2)c1.COC(=O)c1cc(Cl)cc(-c2ccc(Oc3ccc(F)cc3)cc2)n1. The molecule has 2 aromatic heterocycles. The molecule has 0 saturated carbocycles. The predicted octanol–water partition coefficient (Wildman–Crippen LogP) is 12.0. The first-order valence-electron chi connectivity index (χ1n) is 19.1. The third-order valence-corrected chi connectivity index (χ3v) is 9.74. The number of carbonyl (C=O) groups is 2. The summed E-state index contributed by atoms with van der Waals surface area (Å²) in [4.78, 5) is 32.0. The van der Waals surface area contributed by atoms with Crippen molar-refractivity contribution in [1.82, 2.24) is 9.97 Å². The molecule has 0 aliphatic carbocycles. The average molecular weight is 861 g/mol. The minimum atomic E-state index is -0.556. The van der Waals surface area contributed by atoms with Gasteiger partial charge in [-0.25, -0.2) is 28.3 Å². The maximum absolute atomic E-state index is 12.9. The maximum atomic E-state index is 12.9. The van der Waals surface area contributed by atoms with Gasteiger partial charge in [0.25, 0.3) is 0 Å². The van der Waals surface area contributed by atoms with Gasteiger partial charge < -0.3 is 28.3 Å². The summed E-state index contributed by atoms with van der Waals surface area (Å²) in [5.74, 6) is 2.24. The quantitative estimate of drug-likeness (QED) is 0.0974. The molecule has 1 saturated heterocycles. The van der Waals surface area contributed by atoms with Gasteiger partial charge in [-0.2, -0.15) is 0 Å². The first kappa shape index (κ1) is 46.4. The Bertz CT molecular complexity index is 2480. The van der Waals surface area contributed by atoms with Gasteiger partial charge >= 0.3 is 19.1 Å². The summed E-state index contributed by atoms with van der Waals surface area (Å²) in [5.41, 5.74) is 3.39. The number of methoxy groups -OCH3 is 2. The number of esters is 2. The fourth-order valence-electron chi connectivity index (χ4n) is 5.53. The van der Waals surface area contributed by atoms with Crippen molar-refractivity contribution in [2.75, 3.05) is 14.2 Å². The van der Waals surface area contributed by atoms with Crippen molar-refractivity contribution in [2.45, 2.75) is 38.9 Å². The van der Waals surface area contributed by atoms with E-state index in [1.807, 2.05) is 45.9 Å². The molecule has 7 rings (SSSR count). The minimum absolute atomic E-state index is 0.136. The molecule has 0 bridgehead atoms. The fourth-order valence-corrected chi connectivity index (χ4v) is 5.74. The lowest BCUT2D eigenvalue weighted by Gasteiger charge is -2.32. The molecule has 0 N–H and O–H groups in total. The van der Waals surface area contributed by atoms with Gasteiger partial charge in [0.15, 0.2) is 5.69 Å². The van der Waals surface area contributed by atoms with Gasteiger partial charge in [0.2, 0.25) is 0 Å². The number of hydrogen-bond donors (Lipinski definition) is 0. The van der Waals surface area contributed by atoms with E-state index >= 15 is 0 Å². The molecule has 4 aromatic carbocycles. The van der Waals surface area contributed by atoms with Gasteiger partial charge in [-0.15, -0.1) is 6.58 Å². The van der Waals surface area contributed by atoms with Crippen molar-refractivity contribution < 1.29 is 46.6 Å². The molecule has 62 heavy (non-hydrogen) atoms. The minimum Gasteiger partial charge on any atom is -0.464 e. The highest BCUT2D eigenvalue weighted by Crippen LogP contribution is 2.36. The van der Waals surface area contributed by atoms with Gasteiger partial charge in [-0.3, -0.25) is 0 Å². The van der Waals surface area contributed by atoms with Crippen molar-refractivity contribution in [3.05, 3.63) is 174 Å². The Kier molecular flexibility index (Phi) is 15.5. The van der Waals surface area contributed by atoms with Crippen LogP contribution in [0.3, 0.4) is 0 Å². The van der Waals surface area contributed by atoms with Crippen LogP contribution in [0, 0.1) is 11.6 Å². The molecule has 318 valence electrons. The van der Waals surface area contributed by atoms with Crippen LogP contribution in [0.15, 0.2) is 140 Å². The lowest BCUT2D eigenvalue weighted by atomic mass is 9.90. The molecule has 0 amide bonds. The average Bonchev–Trinajstić information content (AvgIpc) is 3.50. The highest BCUT2D eigenvalue weighted by molar-refractivity contribution is 6.51. The summed E-state index contributed by atoms with van der Waals surface area (Å²) in [6, 6.07) is 32.4. The molecule has 0 unspecified atom stereocenters. The Labute approximate surface area is 364 Å². The number of carbonyl (C=O) groups excluding carboxylic acids is 2. The van der Waals surface area contributed by atoms with Crippen LogP contribution < -0.4 is 9.47 Å². The number of rotatable bonds is 10. The zero-order chi connectivity index (χ0) is 45.0. The van der Waals surface area contributed by atoms with E-state index in [4.69, 9.17) is 35.1 Å². The zero-order valence-electron chi connectivity index (χ0n) is 35.0. The van der Waals surface area contributed by atoms with Gasteiger partial charge in [0.05, 0.1) is 36.8 Å². The van der Waals surface area contributed by atoms with E-state index in [9.17, 15) is 18.4 Å². The number of hydrogen-bond acceptors (Lipinski definition) is 10. The molecule has 14 heteroatoms. The second-order valence-electron chi connectivity index (χ2n) is 14.4. The van der Waals surface area contributed by atoms with Crippen molar-refractivity contribution in [3.8, 4) is 45.5 Å². The van der Waals surface area contributed by atoms with Crippen LogP contribution in [0.25, 0.3) is 28.6 Å². The number of pyridine rings is 2. The molecule has 10 nitrogen and oxygen atoms in total. The number of halogens is 3. The van der Waals surface area contributed by atoms with Crippen LogP contribution in [0.1, 0.15) is 54.2 Å². The highest BCUT2D eigenvalue weighted by atomic mass is 35.5. The molecule has 1 fully saturated rings. The van der Waals surface area contributed by atoms with Crippen LogP contribution in [0.2, 0.25) is 5.02 Å². The number of benzene rings is 4. The molecule has 0 atom stereocenters. The van der Waals surface area contributed by atoms with Crippen LogP contribution in [-0.2, 0) is 18.8 Å². The Morgan fingerprint density at radius 3 is 1.34 bits per heavy atom. The maximum Gasteiger partial charge on any atom is 0.486 e.